The van der Waals surface area contributed by atoms with Gasteiger partial charge >= 0.3 is 5.97 Å². The Kier molecular flexibility index (Phi) is 5.03. The number of hydrogen-bond acceptors (Lipinski definition) is 5. The molecule has 2 aliphatic rings. The molecule has 1 fully saturated rings. The van der Waals surface area contributed by atoms with E-state index in [9.17, 15) is 9.59 Å². The van der Waals surface area contributed by atoms with E-state index in [1.54, 1.807) is 0 Å². The minimum atomic E-state index is -0.719. The molecule has 0 bridgehead atoms. The Bertz CT molecular complexity index is 1130. The fourth-order valence-electron chi connectivity index (χ4n) is 4.34. The number of amides is 1. The number of fused-ring (bicyclic) bond motifs is 3. The maximum absolute atomic E-state index is 12.7. The molecule has 2 heterocycles. The second kappa shape index (κ2) is 8.00. The topological polar surface area (TPSA) is 95.7 Å². The van der Waals surface area contributed by atoms with Crippen LogP contribution in [-0.2, 0) is 30.7 Å². The molecular formula is C24H23N3O4. The predicted octanol–water partition coefficient (Wildman–Crippen LogP) is 2.89. The lowest BCUT2D eigenvalue weighted by Crippen LogP contribution is -2.49. The Hall–Kier alpha value is -3.45. The number of carboxylic acids is 1. The van der Waals surface area contributed by atoms with Gasteiger partial charge in [0.05, 0.1) is 5.92 Å². The van der Waals surface area contributed by atoms with Gasteiger partial charge in [-0.1, -0.05) is 53.7 Å². The van der Waals surface area contributed by atoms with Crippen LogP contribution in [0.3, 0.4) is 0 Å². The molecule has 1 amide bonds. The molecule has 0 unspecified atom stereocenters. The third-order valence-corrected chi connectivity index (χ3v) is 6.07. The van der Waals surface area contributed by atoms with Gasteiger partial charge < -0.3 is 14.9 Å². The van der Waals surface area contributed by atoms with Crippen molar-refractivity contribution >= 4 is 11.9 Å². The average molecular weight is 417 g/mol. The summed E-state index contributed by atoms with van der Waals surface area (Å²) in [6.45, 7) is 2.38. The van der Waals surface area contributed by atoms with Crippen molar-refractivity contribution < 1.29 is 19.2 Å². The maximum Gasteiger partial charge on any atom is 0.309 e. The van der Waals surface area contributed by atoms with Crippen molar-refractivity contribution in [2.75, 3.05) is 13.1 Å². The third-order valence-electron chi connectivity index (χ3n) is 6.07. The lowest BCUT2D eigenvalue weighted by Gasteiger charge is -2.36. The summed E-state index contributed by atoms with van der Waals surface area (Å²) < 4.78 is 5.59. The summed E-state index contributed by atoms with van der Waals surface area (Å²) in [7, 11) is 0. The van der Waals surface area contributed by atoms with Gasteiger partial charge in [0.1, 0.15) is 0 Å². The number of rotatable bonds is 6. The molecule has 0 atom stereocenters. The number of nitrogens with zero attached hydrogens (tertiary/aromatic N) is 2. The maximum atomic E-state index is 12.7. The molecule has 1 aromatic heterocycles. The predicted molar refractivity (Wildman–Crippen MR) is 113 cm³/mol. The van der Waals surface area contributed by atoms with E-state index in [1.165, 1.54) is 5.56 Å². The summed E-state index contributed by atoms with van der Waals surface area (Å²) in [5.41, 5.74) is 5.56. The molecule has 2 N–H and O–H groups in total. The van der Waals surface area contributed by atoms with Gasteiger partial charge in [-0.25, -0.2) is 0 Å². The van der Waals surface area contributed by atoms with E-state index >= 15 is 0 Å². The Morgan fingerprint density at radius 2 is 1.90 bits per heavy atom. The number of benzene rings is 2. The van der Waals surface area contributed by atoms with Crippen molar-refractivity contribution in [1.29, 1.82) is 0 Å². The highest BCUT2D eigenvalue weighted by atomic mass is 16.5. The van der Waals surface area contributed by atoms with Crippen molar-refractivity contribution in [3.8, 4) is 11.3 Å². The second-order valence-corrected chi connectivity index (χ2v) is 8.23. The standard InChI is InChI=1S/C24H23N3O4/c28-23(25-11-15-4-2-1-3-5-15)21-20-9-7-17-10-16(6-8-19(17)22(20)31-26-21)12-27-13-18(14-27)24(29)30/h1-6,8,10,18H,7,9,11-14H2,(H,25,28)(H,29,30). The molecule has 7 nitrogen and oxygen atoms in total. The lowest BCUT2D eigenvalue weighted by molar-refractivity contribution is -0.147. The molecule has 31 heavy (non-hydrogen) atoms. The number of carbonyl (C=O) groups excluding carboxylic acids is 1. The minimum absolute atomic E-state index is 0.223. The molecule has 0 radical (unpaired) electrons. The highest BCUT2D eigenvalue weighted by molar-refractivity contribution is 5.95. The fourth-order valence-corrected chi connectivity index (χ4v) is 4.34. The van der Waals surface area contributed by atoms with Crippen LogP contribution in [0.4, 0.5) is 0 Å². The summed E-state index contributed by atoms with van der Waals surface area (Å²) in [4.78, 5) is 25.8. The zero-order valence-electron chi connectivity index (χ0n) is 17.0. The van der Waals surface area contributed by atoms with Crippen molar-refractivity contribution in [1.82, 2.24) is 15.4 Å². The van der Waals surface area contributed by atoms with Crippen molar-refractivity contribution in [2.24, 2.45) is 5.92 Å². The normalized spacial score (nSPS) is 15.6. The summed E-state index contributed by atoms with van der Waals surface area (Å²) in [6.07, 6.45) is 1.52. The molecular weight excluding hydrogens is 394 g/mol. The molecule has 7 heteroatoms. The van der Waals surface area contributed by atoms with Crippen LogP contribution in [0.15, 0.2) is 53.1 Å². The number of likely N-dealkylation sites (tertiary alicyclic amines) is 1. The molecule has 1 aliphatic heterocycles. The van der Waals surface area contributed by atoms with Gasteiger partial charge in [-0.05, 0) is 29.5 Å². The molecule has 5 rings (SSSR count). The molecule has 2 aromatic carbocycles. The SMILES string of the molecule is O=C(NCc1ccccc1)c1noc2c1CCc1cc(CN3CC(C(=O)O)C3)ccc1-2. The van der Waals surface area contributed by atoms with Gasteiger partial charge in [0.2, 0.25) is 0 Å². The number of nitrogens with one attached hydrogen (secondary N) is 1. The first-order valence-electron chi connectivity index (χ1n) is 10.5. The zero-order valence-corrected chi connectivity index (χ0v) is 17.0. The number of aryl methyl sites for hydroxylation is 1. The van der Waals surface area contributed by atoms with E-state index in [1.807, 2.05) is 42.5 Å². The van der Waals surface area contributed by atoms with Crippen LogP contribution in [0.25, 0.3) is 11.3 Å². The fraction of sp³-hybridized carbons (Fsp3) is 0.292. The Labute approximate surface area is 179 Å². The van der Waals surface area contributed by atoms with Crippen LogP contribution in [0, 0.1) is 5.92 Å². The number of hydrogen-bond donors (Lipinski definition) is 2. The van der Waals surface area contributed by atoms with E-state index in [0.717, 1.165) is 35.2 Å². The average Bonchev–Trinajstić information content (AvgIpc) is 3.19. The van der Waals surface area contributed by atoms with E-state index in [4.69, 9.17) is 9.63 Å². The molecule has 3 aromatic rings. The molecule has 1 saturated heterocycles. The second-order valence-electron chi connectivity index (χ2n) is 8.23. The molecule has 0 spiro atoms. The van der Waals surface area contributed by atoms with Crippen LogP contribution >= 0.6 is 0 Å². The highest BCUT2D eigenvalue weighted by Gasteiger charge is 2.32. The Morgan fingerprint density at radius 1 is 1.10 bits per heavy atom. The zero-order chi connectivity index (χ0) is 21.4. The van der Waals surface area contributed by atoms with Gasteiger partial charge in [0.25, 0.3) is 5.91 Å². The van der Waals surface area contributed by atoms with Crippen molar-refractivity contribution in [3.05, 3.63) is 76.5 Å². The van der Waals surface area contributed by atoms with Crippen molar-refractivity contribution in [2.45, 2.75) is 25.9 Å². The largest absolute Gasteiger partial charge is 0.481 e. The highest BCUT2D eigenvalue weighted by Crippen LogP contribution is 2.36. The van der Waals surface area contributed by atoms with Crippen LogP contribution < -0.4 is 5.32 Å². The first-order valence-corrected chi connectivity index (χ1v) is 10.5. The van der Waals surface area contributed by atoms with Gasteiger partial charge in [-0.3, -0.25) is 14.5 Å². The van der Waals surface area contributed by atoms with Crippen LogP contribution in [0.2, 0.25) is 0 Å². The van der Waals surface area contributed by atoms with Crippen LogP contribution in [0.5, 0.6) is 0 Å². The summed E-state index contributed by atoms with van der Waals surface area (Å²) >= 11 is 0. The van der Waals surface area contributed by atoms with E-state index in [0.29, 0.717) is 37.5 Å². The Balaban J connectivity index is 1.28. The summed E-state index contributed by atoms with van der Waals surface area (Å²) in [5, 5.41) is 16.0. The summed E-state index contributed by atoms with van der Waals surface area (Å²) in [6, 6.07) is 16.0. The van der Waals surface area contributed by atoms with E-state index in [-0.39, 0.29) is 11.8 Å². The lowest BCUT2D eigenvalue weighted by atomic mass is 9.88. The van der Waals surface area contributed by atoms with Gasteiger partial charge in [0.15, 0.2) is 11.5 Å². The van der Waals surface area contributed by atoms with Crippen LogP contribution in [-0.4, -0.2) is 40.1 Å². The molecule has 0 saturated carbocycles. The minimum Gasteiger partial charge on any atom is -0.481 e. The van der Waals surface area contributed by atoms with Crippen molar-refractivity contribution in [3.63, 3.8) is 0 Å². The third kappa shape index (κ3) is 3.84. The summed E-state index contributed by atoms with van der Waals surface area (Å²) in [5.74, 6) is -0.517. The smallest absolute Gasteiger partial charge is 0.309 e. The first kappa shape index (κ1) is 19.5. The Morgan fingerprint density at radius 3 is 2.68 bits per heavy atom. The number of aromatic nitrogens is 1. The van der Waals surface area contributed by atoms with Crippen LogP contribution in [0.1, 0.15) is 32.7 Å². The number of carboxylic acid groups (broad SMARTS) is 1. The monoisotopic (exact) mass is 417 g/mol. The van der Waals surface area contributed by atoms with Gasteiger partial charge in [0, 0.05) is 37.3 Å². The van der Waals surface area contributed by atoms with Gasteiger partial charge in [-0.15, -0.1) is 0 Å². The quantitative estimate of drug-likeness (QED) is 0.640. The van der Waals surface area contributed by atoms with E-state index in [2.05, 4.69) is 21.4 Å². The number of carbonyl (C=O) groups is 2. The van der Waals surface area contributed by atoms with Gasteiger partial charge in [-0.2, -0.15) is 0 Å². The molecule has 1 aliphatic carbocycles. The number of aliphatic carboxylic acids is 1. The van der Waals surface area contributed by atoms with E-state index < -0.39 is 5.97 Å². The molecule has 158 valence electrons. The first-order chi connectivity index (χ1) is 15.1.